The summed E-state index contributed by atoms with van der Waals surface area (Å²) in [5.41, 5.74) is 5.94. The quantitative estimate of drug-likeness (QED) is 0.807. The van der Waals surface area contributed by atoms with Gasteiger partial charge in [-0.25, -0.2) is 14.2 Å². The lowest BCUT2D eigenvalue weighted by molar-refractivity contribution is 0.0996. The van der Waals surface area contributed by atoms with Crippen LogP contribution in [0.2, 0.25) is 0 Å². The van der Waals surface area contributed by atoms with Gasteiger partial charge in [-0.05, 0) is 32.0 Å². The molecule has 6 nitrogen and oxygen atoms in total. The van der Waals surface area contributed by atoms with Crippen LogP contribution in [-0.4, -0.2) is 16.9 Å². The van der Waals surface area contributed by atoms with Crippen molar-refractivity contribution in [1.29, 1.82) is 0 Å². The molecule has 0 spiro atoms. The number of halogens is 1. The highest BCUT2D eigenvalue weighted by atomic mass is 32.1. The van der Waals surface area contributed by atoms with Crippen molar-refractivity contribution in [1.82, 2.24) is 10.3 Å². The van der Waals surface area contributed by atoms with E-state index in [9.17, 15) is 14.0 Å². The smallest absolute Gasteiger partial charge is 0.319 e. The Balaban J connectivity index is 2.03. The number of nitrogens with two attached hydrogens (primary N) is 1. The zero-order valence-corrected chi connectivity index (χ0v) is 12.8. The van der Waals surface area contributed by atoms with E-state index in [-0.39, 0.29) is 17.3 Å². The molecule has 0 bridgehead atoms. The van der Waals surface area contributed by atoms with Crippen molar-refractivity contribution in [3.8, 4) is 0 Å². The Labute approximate surface area is 130 Å². The van der Waals surface area contributed by atoms with Crippen molar-refractivity contribution in [2.45, 2.75) is 19.9 Å². The maximum Gasteiger partial charge on any atom is 0.319 e. The number of aromatic nitrogens is 1. The minimum atomic E-state index is -0.895. The number of amides is 3. The molecule has 0 radical (unpaired) electrons. The normalized spacial score (nSPS) is 11.8. The Morgan fingerprint density at radius 1 is 1.41 bits per heavy atom. The molecule has 0 aliphatic carbocycles. The average Bonchev–Trinajstić information content (AvgIpc) is 2.87. The summed E-state index contributed by atoms with van der Waals surface area (Å²) < 4.78 is 13.4. The van der Waals surface area contributed by atoms with Gasteiger partial charge in [0.25, 0.3) is 5.91 Å². The van der Waals surface area contributed by atoms with Crippen LogP contribution in [0.5, 0.6) is 0 Å². The number of anilines is 1. The Bertz CT molecular complexity index is 717. The van der Waals surface area contributed by atoms with Crippen LogP contribution in [0.1, 0.15) is 34.0 Å². The first-order valence-electron chi connectivity index (χ1n) is 6.45. The van der Waals surface area contributed by atoms with Gasteiger partial charge < -0.3 is 16.4 Å². The van der Waals surface area contributed by atoms with E-state index in [2.05, 4.69) is 15.6 Å². The van der Waals surface area contributed by atoms with E-state index in [1.54, 1.807) is 6.92 Å². The van der Waals surface area contributed by atoms with Gasteiger partial charge in [-0.1, -0.05) is 0 Å². The van der Waals surface area contributed by atoms with Gasteiger partial charge in [-0.15, -0.1) is 11.3 Å². The van der Waals surface area contributed by atoms with Crippen molar-refractivity contribution < 1.29 is 14.0 Å². The third-order valence-corrected chi connectivity index (χ3v) is 3.99. The van der Waals surface area contributed by atoms with Gasteiger partial charge in [0.05, 0.1) is 11.6 Å². The number of thiazole rings is 1. The fourth-order valence-electron chi connectivity index (χ4n) is 1.79. The molecule has 1 heterocycles. The van der Waals surface area contributed by atoms with Crippen LogP contribution in [0, 0.1) is 12.7 Å². The van der Waals surface area contributed by atoms with Crippen LogP contribution in [0.25, 0.3) is 0 Å². The molecule has 1 atom stereocenters. The highest BCUT2D eigenvalue weighted by Gasteiger charge is 2.14. The molecule has 116 valence electrons. The first-order chi connectivity index (χ1) is 10.4. The van der Waals surface area contributed by atoms with E-state index in [1.807, 2.05) is 12.3 Å². The third kappa shape index (κ3) is 3.79. The number of aryl methyl sites for hydroxylation is 1. The average molecular weight is 322 g/mol. The topological polar surface area (TPSA) is 97.1 Å². The van der Waals surface area contributed by atoms with Gasteiger partial charge in [-0.2, -0.15) is 0 Å². The van der Waals surface area contributed by atoms with Crippen molar-refractivity contribution >= 4 is 29.0 Å². The molecule has 0 saturated carbocycles. The second-order valence-corrected chi connectivity index (χ2v) is 5.60. The second kappa shape index (κ2) is 6.52. The summed E-state index contributed by atoms with van der Waals surface area (Å²) in [6, 6.07) is 2.86. The van der Waals surface area contributed by atoms with E-state index in [1.165, 1.54) is 23.5 Å². The molecule has 1 aromatic heterocycles. The number of benzene rings is 1. The molecular formula is C14H15FN4O2S. The minimum absolute atomic E-state index is 0.269. The van der Waals surface area contributed by atoms with Gasteiger partial charge in [0.1, 0.15) is 10.8 Å². The number of nitrogens with zero attached hydrogens (tertiary/aromatic N) is 1. The molecule has 0 saturated heterocycles. The third-order valence-electron chi connectivity index (χ3n) is 2.84. The van der Waals surface area contributed by atoms with E-state index in [0.29, 0.717) is 0 Å². The van der Waals surface area contributed by atoms with Crippen LogP contribution >= 0.6 is 11.3 Å². The molecule has 0 aliphatic rings. The molecule has 0 aliphatic heterocycles. The zero-order chi connectivity index (χ0) is 16.3. The summed E-state index contributed by atoms with van der Waals surface area (Å²) in [5, 5.41) is 7.91. The fourth-order valence-corrected chi connectivity index (χ4v) is 2.59. The summed E-state index contributed by atoms with van der Waals surface area (Å²) in [4.78, 5) is 27.3. The number of hydrogen-bond donors (Lipinski definition) is 3. The standard InChI is InChI=1S/C14H15FN4O2S/c1-7-6-22-13(17-7)8(2)18-14(21)19-9-3-4-11(15)10(5-9)12(16)20/h3-6,8H,1-2H3,(H2,16,20)(H2,18,19,21)/t8-/m1/s1. The maximum atomic E-state index is 13.4. The fraction of sp³-hybridized carbons (Fsp3) is 0.214. The largest absolute Gasteiger partial charge is 0.366 e. The van der Waals surface area contributed by atoms with Gasteiger partial charge in [0.15, 0.2) is 0 Å². The molecule has 2 aromatic rings. The highest BCUT2D eigenvalue weighted by Crippen LogP contribution is 2.18. The molecule has 2 rings (SSSR count). The predicted octanol–water partition coefficient (Wildman–Crippen LogP) is 2.57. The van der Waals surface area contributed by atoms with Gasteiger partial charge >= 0.3 is 6.03 Å². The molecule has 8 heteroatoms. The highest BCUT2D eigenvalue weighted by molar-refractivity contribution is 7.09. The van der Waals surface area contributed by atoms with Crippen molar-refractivity contribution in [3.05, 3.63) is 45.7 Å². The van der Waals surface area contributed by atoms with E-state index >= 15 is 0 Å². The first kappa shape index (κ1) is 15.9. The van der Waals surface area contributed by atoms with E-state index < -0.39 is 17.8 Å². The van der Waals surface area contributed by atoms with Gasteiger partial charge in [0, 0.05) is 16.8 Å². The first-order valence-corrected chi connectivity index (χ1v) is 7.33. The number of hydrogen-bond acceptors (Lipinski definition) is 4. The summed E-state index contributed by atoms with van der Waals surface area (Å²) in [5.74, 6) is -1.63. The van der Waals surface area contributed by atoms with Crippen LogP contribution in [0.15, 0.2) is 23.6 Å². The summed E-state index contributed by atoms with van der Waals surface area (Å²) >= 11 is 1.45. The number of carbonyl (C=O) groups is 2. The Morgan fingerprint density at radius 3 is 2.73 bits per heavy atom. The summed E-state index contributed by atoms with van der Waals surface area (Å²) in [6.45, 7) is 3.67. The van der Waals surface area contributed by atoms with Crippen LogP contribution in [0.4, 0.5) is 14.9 Å². The molecular weight excluding hydrogens is 307 g/mol. The number of urea groups is 1. The van der Waals surface area contributed by atoms with E-state index in [4.69, 9.17) is 5.73 Å². The molecule has 3 amide bonds. The predicted molar refractivity (Wildman–Crippen MR) is 82.3 cm³/mol. The van der Waals surface area contributed by atoms with Crippen LogP contribution in [-0.2, 0) is 0 Å². The number of primary amides is 1. The minimum Gasteiger partial charge on any atom is -0.366 e. The van der Waals surface area contributed by atoms with Crippen molar-refractivity contribution in [2.75, 3.05) is 5.32 Å². The lowest BCUT2D eigenvalue weighted by atomic mass is 10.2. The molecule has 4 N–H and O–H groups in total. The van der Waals surface area contributed by atoms with Crippen LogP contribution < -0.4 is 16.4 Å². The van der Waals surface area contributed by atoms with Gasteiger partial charge in [0.2, 0.25) is 0 Å². The van der Waals surface area contributed by atoms with Crippen LogP contribution in [0.3, 0.4) is 0 Å². The van der Waals surface area contributed by atoms with E-state index in [0.717, 1.165) is 16.8 Å². The monoisotopic (exact) mass is 322 g/mol. The maximum absolute atomic E-state index is 13.4. The number of rotatable bonds is 4. The second-order valence-electron chi connectivity index (χ2n) is 4.71. The molecule has 22 heavy (non-hydrogen) atoms. The van der Waals surface area contributed by atoms with Crippen molar-refractivity contribution in [2.24, 2.45) is 5.73 Å². The Kier molecular flexibility index (Phi) is 4.71. The molecule has 0 unspecified atom stereocenters. The SMILES string of the molecule is Cc1csc([C@@H](C)NC(=O)Nc2ccc(F)c(C(N)=O)c2)n1. The zero-order valence-electron chi connectivity index (χ0n) is 12.0. The Morgan fingerprint density at radius 2 is 2.14 bits per heavy atom. The Hall–Kier alpha value is -2.48. The number of carbonyl (C=O) groups excluding carboxylic acids is 2. The lowest BCUT2D eigenvalue weighted by Gasteiger charge is -2.13. The number of nitrogens with one attached hydrogen (secondary N) is 2. The molecule has 0 fully saturated rings. The van der Waals surface area contributed by atoms with Crippen molar-refractivity contribution in [3.63, 3.8) is 0 Å². The molecule has 1 aromatic carbocycles. The summed E-state index contributed by atoms with van der Waals surface area (Å²) in [6.07, 6.45) is 0. The van der Waals surface area contributed by atoms with Gasteiger partial charge in [-0.3, -0.25) is 4.79 Å². The lowest BCUT2D eigenvalue weighted by Crippen LogP contribution is -2.31. The summed E-state index contributed by atoms with van der Waals surface area (Å²) in [7, 11) is 0.